The minimum absolute atomic E-state index is 0.203. The van der Waals surface area contributed by atoms with Gasteiger partial charge in [-0.3, -0.25) is 9.59 Å². The van der Waals surface area contributed by atoms with Gasteiger partial charge in [-0.15, -0.1) is 0 Å². The van der Waals surface area contributed by atoms with E-state index < -0.39 is 29.3 Å². The van der Waals surface area contributed by atoms with E-state index in [0.29, 0.717) is 25.1 Å². The van der Waals surface area contributed by atoms with E-state index in [2.05, 4.69) is 17.6 Å². The number of alkyl carbamates (subject to hydrolysis) is 1. The third kappa shape index (κ3) is 10.2. The molecule has 0 aliphatic rings. The maximum atomic E-state index is 14.4. The maximum Gasteiger partial charge on any atom is 0.408 e. The lowest BCUT2D eigenvalue weighted by atomic mass is 9.89. The lowest BCUT2D eigenvalue weighted by Crippen LogP contribution is -2.59. The van der Waals surface area contributed by atoms with Crippen molar-refractivity contribution in [1.29, 1.82) is 0 Å². The number of carbonyl (C=O) groups excluding carboxylic acids is 3. The zero-order valence-corrected chi connectivity index (χ0v) is 26.1. The van der Waals surface area contributed by atoms with Crippen LogP contribution in [0, 0.1) is 13.8 Å². The third-order valence-electron chi connectivity index (χ3n) is 6.88. The first kappa shape index (κ1) is 33.8. The molecule has 0 aliphatic carbocycles. The molecule has 0 saturated heterocycles. The van der Waals surface area contributed by atoms with Crippen molar-refractivity contribution in [1.82, 2.24) is 15.5 Å². The SMILES string of the molecule is CCCCCNC(=O)C(c1cccc(C)c1C)N(C(=O)C(CCSC)NC(=O)OC(C)(C)C)C(C)(C)CC. The molecule has 2 atom stereocenters. The van der Waals surface area contributed by atoms with Crippen molar-refractivity contribution in [2.45, 2.75) is 118 Å². The smallest absolute Gasteiger partial charge is 0.408 e. The average Bonchev–Trinajstić information content (AvgIpc) is 2.83. The Hall–Kier alpha value is -2.22. The number of aryl methyl sites for hydroxylation is 1. The van der Waals surface area contributed by atoms with Crippen molar-refractivity contribution < 1.29 is 19.1 Å². The minimum atomic E-state index is -0.837. The van der Waals surface area contributed by atoms with Gasteiger partial charge in [0.15, 0.2) is 0 Å². The lowest BCUT2D eigenvalue weighted by molar-refractivity contribution is -0.149. The molecule has 38 heavy (non-hydrogen) atoms. The summed E-state index contributed by atoms with van der Waals surface area (Å²) in [5.41, 5.74) is 1.48. The fraction of sp³-hybridized carbons (Fsp3) is 0.700. The second-order valence-electron chi connectivity index (χ2n) is 11.5. The predicted octanol–water partition coefficient (Wildman–Crippen LogP) is 6.31. The average molecular weight is 550 g/mol. The Kier molecular flexibility index (Phi) is 13.7. The highest BCUT2D eigenvalue weighted by molar-refractivity contribution is 7.98. The van der Waals surface area contributed by atoms with Crippen molar-refractivity contribution in [2.24, 2.45) is 0 Å². The van der Waals surface area contributed by atoms with Gasteiger partial charge in [0.25, 0.3) is 0 Å². The highest BCUT2D eigenvalue weighted by atomic mass is 32.2. The molecule has 2 unspecified atom stereocenters. The summed E-state index contributed by atoms with van der Waals surface area (Å²) in [6.45, 7) is 18.0. The van der Waals surface area contributed by atoms with Gasteiger partial charge in [0.2, 0.25) is 11.8 Å². The molecule has 3 amide bonds. The number of hydrogen-bond donors (Lipinski definition) is 2. The van der Waals surface area contributed by atoms with Gasteiger partial charge in [-0.1, -0.05) is 44.9 Å². The van der Waals surface area contributed by atoms with E-state index in [1.54, 1.807) is 37.4 Å². The summed E-state index contributed by atoms with van der Waals surface area (Å²) in [4.78, 5) is 42.8. The molecule has 2 N–H and O–H groups in total. The number of amides is 3. The number of hydrogen-bond acceptors (Lipinski definition) is 5. The van der Waals surface area contributed by atoms with E-state index in [0.717, 1.165) is 36.0 Å². The van der Waals surface area contributed by atoms with Crippen LogP contribution in [0.4, 0.5) is 4.79 Å². The Bertz CT molecular complexity index is 927. The van der Waals surface area contributed by atoms with Crippen LogP contribution in [0.15, 0.2) is 18.2 Å². The number of unbranched alkanes of at least 4 members (excludes halogenated alkanes) is 2. The van der Waals surface area contributed by atoms with Crippen LogP contribution < -0.4 is 10.6 Å². The Labute approximate surface area is 235 Å². The van der Waals surface area contributed by atoms with Gasteiger partial charge >= 0.3 is 6.09 Å². The standard InChI is InChI=1S/C30H51N3O4S/c1-11-13-14-19-31-26(34)25(23-17-15-16-21(3)22(23)4)33(30(8,9)12-2)27(35)24(18-20-38-10)32-28(36)37-29(5,6)7/h15-17,24-25H,11-14,18-20H2,1-10H3,(H,31,34)(H,32,36). The summed E-state index contributed by atoms with van der Waals surface area (Å²) in [5, 5.41) is 5.92. The van der Waals surface area contributed by atoms with Crippen LogP contribution in [0.25, 0.3) is 0 Å². The maximum absolute atomic E-state index is 14.4. The first-order valence-electron chi connectivity index (χ1n) is 13.9. The van der Waals surface area contributed by atoms with Gasteiger partial charge in [0, 0.05) is 12.1 Å². The Morgan fingerprint density at radius 2 is 1.71 bits per heavy atom. The summed E-state index contributed by atoms with van der Waals surface area (Å²) in [5.74, 6) is 0.182. The molecule has 0 bridgehead atoms. The minimum Gasteiger partial charge on any atom is -0.444 e. The molecule has 0 fully saturated rings. The van der Waals surface area contributed by atoms with Crippen LogP contribution in [-0.4, -0.2) is 58.5 Å². The Balaban J connectivity index is 3.63. The van der Waals surface area contributed by atoms with E-state index in [1.807, 2.05) is 59.1 Å². The molecular formula is C30H51N3O4S. The van der Waals surface area contributed by atoms with Crippen LogP contribution in [-0.2, 0) is 14.3 Å². The number of carbonyl (C=O) groups is 3. The van der Waals surface area contributed by atoms with Crippen molar-refractivity contribution in [3.8, 4) is 0 Å². The molecule has 1 aromatic rings. The molecule has 1 rings (SSSR count). The second kappa shape index (κ2) is 15.4. The number of thioether (sulfide) groups is 1. The van der Waals surface area contributed by atoms with Crippen LogP contribution in [0.3, 0.4) is 0 Å². The quantitative estimate of drug-likeness (QED) is 0.265. The number of nitrogens with one attached hydrogen (secondary N) is 2. The molecule has 0 aliphatic heterocycles. The fourth-order valence-corrected chi connectivity index (χ4v) is 4.68. The third-order valence-corrected chi connectivity index (χ3v) is 7.53. The van der Waals surface area contributed by atoms with Crippen molar-refractivity contribution in [3.05, 3.63) is 34.9 Å². The monoisotopic (exact) mass is 549 g/mol. The molecule has 1 aromatic carbocycles. The summed E-state index contributed by atoms with van der Waals surface area (Å²) in [7, 11) is 0. The molecule has 8 heteroatoms. The zero-order valence-electron chi connectivity index (χ0n) is 25.3. The molecule has 0 spiro atoms. The van der Waals surface area contributed by atoms with Gasteiger partial charge in [-0.2, -0.15) is 11.8 Å². The van der Waals surface area contributed by atoms with E-state index in [9.17, 15) is 14.4 Å². The van der Waals surface area contributed by atoms with Crippen molar-refractivity contribution >= 4 is 29.7 Å². The molecule has 7 nitrogen and oxygen atoms in total. The predicted molar refractivity (Wildman–Crippen MR) is 159 cm³/mol. The zero-order chi connectivity index (χ0) is 29.1. The number of ether oxygens (including phenoxy) is 1. The number of rotatable bonds is 14. The number of benzene rings is 1. The van der Waals surface area contributed by atoms with E-state index in [-0.39, 0.29) is 11.8 Å². The molecular weight excluding hydrogens is 498 g/mol. The van der Waals surface area contributed by atoms with Gasteiger partial charge in [0.05, 0.1) is 0 Å². The van der Waals surface area contributed by atoms with Gasteiger partial charge in [0.1, 0.15) is 17.7 Å². The highest BCUT2D eigenvalue weighted by Gasteiger charge is 2.43. The Morgan fingerprint density at radius 1 is 1.05 bits per heavy atom. The molecule has 0 saturated carbocycles. The van der Waals surface area contributed by atoms with Crippen molar-refractivity contribution in [3.63, 3.8) is 0 Å². The molecule has 0 radical (unpaired) electrons. The summed E-state index contributed by atoms with van der Waals surface area (Å²) < 4.78 is 5.49. The Morgan fingerprint density at radius 3 is 2.26 bits per heavy atom. The van der Waals surface area contributed by atoms with Gasteiger partial charge < -0.3 is 20.3 Å². The number of nitrogens with zero attached hydrogens (tertiary/aromatic N) is 1. The molecule has 0 heterocycles. The lowest BCUT2D eigenvalue weighted by Gasteiger charge is -2.45. The van der Waals surface area contributed by atoms with Crippen LogP contribution in [0.5, 0.6) is 0 Å². The topological polar surface area (TPSA) is 87.7 Å². The molecule has 0 aromatic heterocycles. The van der Waals surface area contributed by atoms with Crippen LogP contribution in [0.2, 0.25) is 0 Å². The van der Waals surface area contributed by atoms with Crippen LogP contribution >= 0.6 is 11.8 Å². The fourth-order valence-electron chi connectivity index (χ4n) is 4.21. The van der Waals surface area contributed by atoms with Gasteiger partial charge in [-0.05, 0) is 96.4 Å². The van der Waals surface area contributed by atoms with Gasteiger partial charge in [-0.25, -0.2) is 4.79 Å². The molecule has 216 valence electrons. The first-order valence-corrected chi connectivity index (χ1v) is 15.2. The first-order chi connectivity index (χ1) is 17.7. The van der Waals surface area contributed by atoms with E-state index in [1.165, 1.54) is 0 Å². The highest BCUT2D eigenvalue weighted by Crippen LogP contribution is 2.34. The second-order valence-corrected chi connectivity index (χ2v) is 12.5. The van der Waals surface area contributed by atoms with E-state index >= 15 is 0 Å². The summed E-state index contributed by atoms with van der Waals surface area (Å²) in [6.07, 6.45) is 5.33. The van der Waals surface area contributed by atoms with Crippen LogP contribution in [0.1, 0.15) is 103 Å². The normalized spacial score (nSPS) is 13.4. The van der Waals surface area contributed by atoms with Crippen molar-refractivity contribution in [2.75, 3.05) is 18.6 Å². The van der Waals surface area contributed by atoms with E-state index in [4.69, 9.17) is 4.74 Å². The summed E-state index contributed by atoms with van der Waals surface area (Å²) >= 11 is 1.60. The summed E-state index contributed by atoms with van der Waals surface area (Å²) in [6, 6.07) is 4.21. The largest absolute Gasteiger partial charge is 0.444 e.